The summed E-state index contributed by atoms with van der Waals surface area (Å²) >= 11 is 1.45. The summed E-state index contributed by atoms with van der Waals surface area (Å²) in [6.45, 7) is 0.129. The van der Waals surface area contributed by atoms with Crippen LogP contribution in [0.25, 0.3) is 0 Å². The van der Waals surface area contributed by atoms with Crippen LogP contribution in [0.4, 0.5) is 0 Å². The number of amides is 1. The van der Waals surface area contributed by atoms with Gasteiger partial charge in [0.05, 0.1) is 12.8 Å². The first-order chi connectivity index (χ1) is 11.7. The second-order valence-corrected chi connectivity index (χ2v) is 7.58. The Morgan fingerprint density at radius 3 is 2.79 bits per heavy atom. The molecule has 0 aliphatic heterocycles. The number of hydrogen-bond donors (Lipinski definition) is 2. The Hall–Kier alpha value is -1.59. The lowest BCUT2D eigenvalue weighted by molar-refractivity contribution is -0.122. The second-order valence-electron chi connectivity index (χ2n) is 6.63. The van der Waals surface area contributed by atoms with Crippen LogP contribution in [0.5, 0.6) is 0 Å². The van der Waals surface area contributed by atoms with Gasteiger partial charge in [0.2, 0.25) is 5.91 Å². The molecule has 24 heavy (non-hydrogen) atoms. The van der Waals surface area contributed by atoms with E-state index < -0.39 is 5.60 Å². The van der Waals surface area contributed by atoms with Gasteiger partial charge in [-0.15, -0.1) is 11.3 Å². The van der Waals surface area contributed by atoms with E-state index in [0.717, 1.165) is 11.3 Å². The first kappa shape index (κ1) is 17.2. The fourth-order valence-electron chi connectivity index (χ4n) is 3.45. The van der Waals surface area contributed by atoms with Crippen LogP contribution in [-0.2, 0) is 10.4 Å². The van der Waals surface area contributed by atoms with E-state index in [2.05, 4.69) is 5.32 Å². The molecule has 0 spiro atoms. The van der Waals surface area contributed by atoms with E-state index in [-0.39, 0.29) is 12.5 Å². The summed E-state index contributed by atoms with van der Waals surface area (Å²) in [6.07, 6.45) is 9.44. The molecule has 3 rings (SSSR count). The van der Waals surface area contributed by atoms with Crippen LogP contribution >= 0.6 is 11.3 Å². The molecule has 0 radical (unpaired) electrons. The van der Waals surface area contributed by atoms with Crippen molar-refractivity contribution in [2.24, 2.45) is 5.92 Å². The van der Waals surface area contributed by atoms with Crippen molar-refractivity contribution in [1.29, 1.82) is 0 Å². The number of aliphatic hydroxyl groups is 1. The predicted octanol–water partition coefficient (Wildman–Crippen LogP) is 4.05. The van der Waals surface area contributed by atoms with Crippen molar-refractivity contribution in [2.45, 2.75) is 50.5 Å². The molecule has 1 aliphatic carbocycles. The quantitative estimate of drug-likeness (QED) is 0.794. The van der Waals surface area contributed by atoms with Gasteiger partial charge >= 0.3 is 0 Å². The maximum atomic E-state index is 12.2. The molecule has 1 amide bonds. The number of carbonyl (C=O) groups excluding carboxylic acids is 1. The van der Waals surface area contributed by atoms with E-state index in [1.807, 2.05) is 17.5 Å². The number of nitrogens with one attached hydrogen (secondary N) is 1. The third-order valence-electron chi connectivity index (χ3n) is 4.90. The van der Waals surface area contributed by atoms with E-state index in [9.17, 15) is 9.90 Å². The lowest BCUT2D eigenvalue weighted by Crippen LogP contribution is -2.41. The monoisotopic (exact) mass is 347 g/mol. The zero-order chi connectivity index (χ0) is 16.8. The molecule has 1 aliphatic rings. The van der Waals surface area contributed by atoms with Gasteiger partial charge in [-0.05, 0) is 35.9 Å². The molecule has 4 nitrogen and oxygen atoms in total. The summed E-state index contributed by atoms with van der Waals surface area (Å²) in [5.41, 5.74) is -1.31. The van der Waals surface area contributed by atoms with E-state index in [1.165, 1.54) is 43.4 Å². The largest absolute Gasteiger partial charge is 0.466 e. The highest BCUT2D eigenvalue weighted by Crippen LogP contribution is 2.33. The Morgan fingerprint density at radius 2 is 2.12 bits per heavy atom. The van der Waals surface area contributed by atoms with Crippen LogP contribution in [0, 0.1) is 5.92 Å². The molecule has 1 fully saturated rings. The topological polar surface area (TPSA) is 62.5 Å². The number of hydrogen-bond acceptors (Lipinski definition) is 4. The van der Waals surface area contributed by atoms with Crippen molar-refractivity contribution >= 4 is 17.2 Å². The van der Waals surface area contributed by atoms with Gasteiger partial charge in [-0.3, -0.25) is 4.79 Å². The molecule has 2 heterocycles. The fourth-order valence-corrected chi connectivity index (χ4v) is 4.28. The molecular weight excluding hydrogens is 322 g/mol. The second kappa shape index (κ2) is 7.99. The average molecular weight is 347 g/mol. The molecule has 0 saturated heterocycles. The van der Waals surface area contributed by atoms with E-state index in [1.54, 1.807) is 18.4 Å². The maximum absolute atomic E-state index is 12.2. The summed E-state index contributed by atoms with van der Waals surface area (Å²) in [7, 11) is 0. The summed E-state index contributed by atoms with van der Waals surface area (Å²) < 4.78 is 5.42. The van der Waals surface area contributed by atoms with E-state index in [0.29, 0.717) is 18.1 Å². The molecule has 130 valence electrons. The minimum Gasteiger partial charge on any atom is -0.466 e. The van der Waals surface area contributed by atoms with Gasteiger partial charge in [0.25, 0.3) is 0 Å². The summed E-state index contributed by atoms with van der Waals surface area (Å²) in [4.78, 5) is 13.0. The molecule has 1 atom stereocenters. The van der Waals surface area contributed by atoms with Gasteiger partial charge in [0.15, 0.2) is 5.60 Å². The van der Waals surface area contributed by atoms with Crippen LogP contribution in [0.15, 0.2) is 40.3 Å². The maximum Gasteiger partial charge on any atom is 0.220 e. The van der Waals surface area contributed by atoms with Gasteiger partial charge in [0, 0.05) is 11.3 Å². The predicted molar refractivity (Wildman–Crippen MR) is 94.8 cm³/mol. The number of carbonyl (C=O) groups is 1. The van der Waals surface area contributed by atoms with Crippen molar-refractivity contribution < 1.29 is 14.3 Å². The smallest absolute Gasteiger partial charge is 0.220 e. The Balaban J connectivity index is 1.57. The van der Waals surface area contributed by atoms with Gasteiger partial charge in [-0.1, -0.05) is 38.2 Å². The van der Waals surface area contributed by atoms with E-state index >= 15 is 0 Å². The Morgan fingerprint density at radius 1 is 1.29 bits per heavy atom. The molecule has 1 saturated carbocycles. The summed E-state index contributed by atoms with van der Waals surface area (Å²) in [5, 5.41) is 15.9. The van der Waals surface area contributed by atoms with Crippen molar-refractivity contribution in [3.8, 4) is 0 Å². The molecule has 0 aromatic carbocycles. The average Bonchev–Trinajstić information content (AvgIpc) is 3.32. The highest BCUT2D eigenvalue weighted by molar-refractivity contribution is 7.10. The summed E-state index contributed by atoms with van der Waals surface area (Å²) in [6, 6.07) is 7.24. The van der Waals surface area contributed by atoms with Crippen molar-refractivity contribution in [1.82, 2.24) is 5.32 Å². The van der Waals surface area contributed by atoms with Crippen LogP contribution in [-0.4, -0.2) is 17.6 Å². The number of thiophene rings is 1. The van der Waals surface area contributed by atoms with Crippen LogP contribution < -0.4 is 5.32 Å². The normalized spacial score (nSPS) is 18.2. The van der Waals surface area contributed by atoms with Crippen LogP contribution in [0.1, 0.15) is 55.6 Å². The zero-order valence-electron chi connectivity index (χ0n) is 13.9. The summed E-state index contributed by atoms with van der Waals surface area (Å²) in [5.74, 6) is 1.14. The molecule has 1 unspecified atom stereocenters. The highest BCUT2D eigenvalue weighted by Gasteiger charge is 2.36. The van der Waals surface area contributed by atoms with E-state index in [4.69, 9.17) is 4.42 Å². The van der Waals surface area contributed by atoms with Crippen LogP contribution in [0.3, 0.4) is 0 Å². The lowest BCUT2D eigenvalue weighted by Gasteiger charge is -2.26. The van der Waals surface area contributed by atoms with Gasteiger partial charge in [-0.25, -0.2) is 0 Å². The third kappa shape index (κ3) is 4.08. The molecule has 2 N–H and O–H groups in total. The molecule has 2 aromatic rings. The highest BCUT2D eigenvalue weighted by atomic mass is 32.1. The Bertz CT molecular complexity index is 581. The van der Waals surface area contributed by atoms with Crippen molar-refractivity contribution in [3.63, 3.8) is 0 Å². The SMILES string of the molecule is O=C(CCC1CCCCC1)NCC(O)(c1ccco1)c1cccs1. The van der Waals surface area contributed by atoms with Gasteiger partial charge in [0.1, 0.15) is 5.76 Å². The standard InChI is InChI=1S/C19H25NO3S/c21-18(11-10-15-6-2-1-3-7-15)20-14-19(22,16-8-4-12-23-16)17-9-5-13-24-17/h4-5,8-9,12-13,15,22H,1-3,6-7,10-11,14H2,(H,20,21). The fraction of sp³-hybridized carbons (Fsp3) is 0.526. The van der Waals surface area contributed by atoms with Gasteiger partial charge in [-0.2, -0.15) is 0 Å². The first-order valence-electron chi connectivity index (χ1n) is 8.75. The Kier molecular flexibility index (Phi) is 5.74. The van der Waals surface area contributed by atoms with Crippen molar-refractivity contribution in [2.75, 3.05) is 6.54 Å². The minimum atomic E-state index is -1.31. The lowest BCUT2D eigenvalue weighted by atomic mass is 9.86. The molecule has 5 heteroatoms. The van der Waals surface area contributed by atoms with Gasteiger partial charge < -0.3 is 14.8 Å². The van der Waals surface area contributed by atoms with Crippen LogP contribution in [0.2, 0.25) is 0 Å². The third-order valence-corrected chi connectivity index (χ3v) is 5.92. The minimum absolute atomic E-state index is 0.00195. The first-order valence-corrected chi connectivity index (χ1v) is 9.63. The molecular formula is C19H25NO3S. The number of furan rings is 1. The zero-order valence-corrected chi connectivity index (χ0v) is 14.7. The van der Waals surface area contributed by atoms with Crippen molar-refractivity contribution in [3.05, 3.63) is 46.5 Å². The number of rotatable bonds is 7. The molecule has 2 aromatic heterocycles. The molecule has 0 bridgehead atoms. The Labute approximate surface area is 146 Å².